The van der Waals surface area contributed by atoms with Crippen molar-refractivity contribution in [2.45, 2.75) is 58.4 Å². The van der Waals surface area contributed by atoms with Gasteiger partial charge in [0.25, 0.3) is 0 Å². The van der Waals surface area contributed by atoms with Crippen LogP contribution in [-0.2, 0) is 38.8 Å². The molecule has 1 atom stereocenters. The molecule has 43 heavy (non-hydrogen) atoms. The van der Waals surface area contributed by atoms with Crippen molar-refractivity contribution >= 4 is 39.1 Å². The summed E-state index contributed by atoms with van der Waals surface area (Å²) in [6.45, 7) is 6.30. The Morgan fingerprint density at radius 2 is 1.53 bits per heavy atom. The van der Waals surface area contributed by atoms with Crippen molar-refractivity contribution in [3.8, 4) is 0 Å². The van der Waals surface area contributed by atoms with Gasteiger partial charge in [-0.3, -0.25) is 13.9 Å². The normalized spacial score (nSPS) is 12.9. The second kappa shape index (κ2) is 13.4. The van der Waals surface area contributed by atoms with Gasteiger partial charge < -0.3 is 10.2 Å². The molecular weight excluding hydrogens is 603 g/mol. The zero-order valence-electron chi connectivity index (χ0n) is 24.6. The van der Waals surface area contributed by atoms with Gasteiger partial charge in [-0.1, -0.05) is 71.8 Å². The number of hydrogen-bond acceptors (Lipinski definition) is 4. The summed E-state index contributed by atoms with van der Waals surface area (Å²) in [5.41, 5.74) is 0.102. The summed E-state index contributed by atoms with van der Waals surface area (Å²) in [6.07, 6.45) is -3.91. The van der Waals surface area contributed by atoms with Gasteiger partial charge in [0.05, 0.1) is 22.5 Å². The van der Waals surface area contributed by atoms with Crippen LogP contribution >= 0.6 is 11.6 Å². The number of carbonyl (C=O) groups is 2. The summed E-state index contributed by atoms with van der Waals surface area (Å²) in [5.74, 6) is -1.27. The molecule has 0 fully saturated rings. The largest absolute Gasteiger partial charge is 0.416 e. The standard InChI is InChI=1S/C31H35ClF3N3O4S/c1-21-11-13-23(14-12-21)19-37(27(29(40)36-30(2,3)4)17-22-9-7-6-8-10-22)28(39)20-38(43(5,41)42)26-18-24(31(33,34)35)15-16-25(26)32/h6-16,18,27H,17,19-20H2,1-5H3,(H,36,40)/t27-/m0/s1. The fraction of sp³-hybridized carbons (Fsp3) is 0.355. The summed E-state index contributed by atoms with van der Waals surface area (Å²) >= 11 is 6.19. The van der Waals surface area contributed by atoms with E-state index < -0.39 is 57.4 Å². The van der Waals surface area contributed by atoms with E-state index in [0.717, 1.165) is 29.5 Å². The molecule has 3 aromatic carbocycles. The van der Waals surface area contributed by atoms with E-state index in [0.29, 0.717) is 15.9 Å². The third kappa shape index (κ3) is 9.72. The van der Waals surface area contributed by atoms with E-state index in [9.17, 15) is 31.2 Å². The Hall–Kier alpha value is -3.57. The number of anilines is 1. The number of hydrogen-bond donors (Lipinski definition) is 1. The van der Waals surface area contributed by atoms with Crippen molar-refractivity contribution in [2.24, 2.45) is 0 Å². The summed E-state index contributed by atoms with van der Waals surface area (Å²) in [6, 6.07) is 17.4. The molecule has 0 aromatic heterocycles. The molecule has 0 radical (unpaired) electrons. The van der Waals surface area contributed by atoms with Crippen LogP contribution in [0.3, 0.4) is 0 Å². The lowest BCUT2D eigenvalue weighted by atomic mass is 10.0. The van der Waals surface area contributed by atoms with Crippen molar-refractivity contribution in [3.63, 3.8) is 0 Å². The van der Waals surface area contributed by atoms with Gasteiger partial charge in [0.1, 0.15) is 12.6 Å². The number of carbonyl (C=O) groups excluding carboxylic acids is 2. The second-order valence-corrected chi connectivity index (χ2v) is 13.7. The van der Waals surface area contributed by atoms with E-state index in [2.05, 4.69) is 5.32 Å². The molecule has 3 rings (SSSR count). The molecule has 0 spiro atoms. The average Bonchev–Trinajstić information content (AvgIpc) is 2.89. The fourth-order valence-electron chi connectivity index (χ4n) is 4.37. The Balaban J connectivity index is 2.13. The van der Waals surface area contributed by atoms with E-state index in [1.54, 1.807) is 57.2 Å². The van der Waals surface area contributed by atoms with Crippen molar-refractivity contribution in [1.82, 2.24) is 10.2 Å². The van der Waals surface area contributed by atoms with E-state index in [-0.39, 0.29) is 18.0 Å². The van der Waals surface area contributed by atoms with Crippen LogP contribution in [0.15, 0.2) is 72.8 Å². The highest BCUT2D eigenvalue weighted by atomic mass is 35.5. The van der Waals surface area contributed by atoms with Gasteiger partial charge in [-0.2, -0.15) is 13.2 Å². The molecule has 0 saturated heterocycles. The first-order valence-electron chi connectivity index (χ1n) is 13.4. The summed E-state index contributed by atoms with van der Waals surface area (Å²) in [5, 5.41) is 2.62. The maximum absolute atomic E-state index is 14.1. The topological polar surface area (TPSA) is 86.8 Å². The number of rotatable bonds is 10. The average molecular weight is 638 g/mol. The molecule has 0 aliphatic heterocycles. The second-order valence-electron chi connectivity index (χ2n) is 11.4. The fourth-order valence-corrected chi connectivity index (χ4v) is 5.49. The Morgan fingerprint density at radius 1 is 0.930 bits per heavy atom. The third-order valence-electron chi connectivity index (χ3n) is 6.46. The highest BCUT2D eigenvalue weighted by Gasteiger charge is 2.36. The summed E-state index contributed by atoms with van der Waals surface area (Å²) in [7, 11) is -4.31. The quantitative estimate of drug-likeness (QED) is 0.296. The van der Waals surface area contributed by atoms with E-state index >= 15 is 0 Å². The van der Waals surface area contributed by atoms with Crippen LogP contribution in [0, 0.1) is 6.92 Å². The Labute approximate surface area is 255 Å². The Kier molecular flexibility index (Phi) is 10.6. The van der Waals surface area contributed by atoms with Crippen LogP contribution in [0.5, 0.6) is 0 Å². The predicted octanol–water partition coefficient (Wildman–Crippen LogP) is 5.99. The molecule has 0 aliphatic rings. The molecule has 3 aromatic rings. The minimum Gasteiger partial charge on any atom is -0.350 e. The first-order valence-corrected chi connectivity index (χ1v) is 15.6. The van der Waals surface area contributed by atoms with Crippen molar-refractivity contribution in [2.75, 3.05) is 17.1 Å². The molecule has 7 nitrogen and oxygen atoms in total. The number of halogens is 4. The van der Waals surface area contributed by atoms with E-state index in [1.165, 1.54) is 4.90 Å². The van der Waals surface area contributed by atoms with Crippen LogP contribution in [0.4, 0.5) is 18.9 Å². The van der Waals surface area contributed by atoms with Gasteiger partial charge >= 0.3 is 6.18 Å². The maximum atomic E-state index is 14.1. The van der Waals surface area contributed by atoms with Gasteiger partial charge in [0.2, 0.25) is 21.8 Å². The minimum atomic E-state index is -4.78. The van der Waals surface area contributed by atoms with Crippen LogP contribution in [0.25, 0.3) is 0 Å². The number of alkyl halides is 3. The first-order chi connectivity index (χ1) is 19.8. The lowest BCUT2D eigenvalue weighted by molar-refractivity contribution is -0.140. The number of nitrogens with zero attached hydrogens (tertiary/aromatic N) is 2. The van der Waals surface area contributed by atoms with Crippen molar-refractivity contribution in [3.05, 3.63) is 100 Å². The Bertz CT molecular complexity index is 1540. The predicted molar refractivity (Wildman–Crippen MR) is 162 cm³/mol. The molecule has 232 valence electrons. The number of sulfonamides is 1. The van der Waals surface area contributed by atoms with Gasteiger partial charge in [-0.25, -0.2) is 8.42 Å². The highest BCUT2D eigenvalue weighted by molar-refractivity contribution is 7.92. The lowest BCUT2D eigenvalue weighted by Crippen LogP contribution is -2.56. The van der Waals surface area contributed by atoms with Crippen LogP contribution in [-0.4, -0.2) is 49.5 Å². The smallest absolute Gasteiger partial charge is 0.350 e. The number of nitrogens with one attached hydrogen (secondary N) is 1. The van der Waals surface area contributed by atoms with Crippen molar-refractivity contribution in [1.29, 1.82) is 0 Å². The lowest BCUT2D eigenvalue weighted by Gasteiger charge is -2.35. The van der Waals surface area contributed by atoms with Crippen LogP contribution in [0.2, 0.25) is 5.02 Å². The van der Waals surface area contributed by atoms with Crippen molar-refractivity contribution < 1.29 is 31.2 Å². The zero-order valence-corrected chi connectivity index (χ0v) is 26.1. The minimum absolute atomic E-state index is 0.0674. The molecule has 0 heterocycles. The maximum Gasteiger partial charge on any atom is 0.416 e. The number of benzene rings is 3. The number of amides is 2. The van der Waals surface area contributed by atoms with Crippen LogP contribution in [0.1, 0.15) is 43.0 Å². The van der Waals surface area contributed by atoms with Gasteiger partial charge in [-0.05, 0) is 57.0 Å². The SMILES string of the molecule is Cc1ccc(CN(C(=O)CN(c2cc(C(F)(F)F)ccc2Cl)S(C)(=O)=O)[C@@H](Cc2ccccc2)C(=O)NC(C)(C)C)cc1. The third-order valence-corrected chi connectivity index (χ3v) is 7.91. The zero-order chi connectivity index (χ0) is 32.2. The van der Waals surface area contributed by atoms with Gasteiger partial charge in [0, 0.05) is 18.5 Å². The molecule has 12 heteroatoms. The Morgan fingerprint density at radius 3 is 2.07 bits per heavy atom. The van der Waals surface area contributed by atoms with E-state index in [1.807, 2.05) is 25.1 Å². The van der Waals surface area contributed by atoms with E-state index in [4.69, 9.17) is 11.6 Å². The van der Waals surface area contributed by atoms with Gasteiger partial charge in [0.15, 0.2) is 0 Å². The number of aryl methyl sites for hydroxylation is 1. The monoisotopic (exact) mass is 637 g/mol. The molecule has 0 unspecified atom stereocenters. The van der Waals surface area contributed by atoms with Gasteiger partial charge in [-0.15, -0.1) is 0 Å². The molecule has 1 N–H and O–H groups in total. The molecule has 0 bridgehead atoms. The molecule has 0 aliphatic carbocycles. The highest BCUT2D eigenvalue weighted by Crippen LogP contribution is 2.36. The molecule has 2 amide bonds. The summed E-state index contributed by atoms with van der Waals surface area (Å²) in [4.78, 5) is 29.1. The first kappa shape index (κ1) is 33.9. The van der Waals surface area contributed by atoms with Crippen LogP contribution < -0.4 is 9.62 Å². The summed E-state index contributed by atoms with van der Waals surface area (Å²) < 4.78 is 67.0. The molecular formula is C31H35ClF3N3O4S. The molecule has 0 saturated carbocycles.